The van der Waals surface area contributed by atoms with E-state index >= 15 is 0 Å². The van der Waals surface area contributed by atoms with Crippen LogP contribution >= 0.6 is 0 Å². The van der Waals surface area contributed by atoms with Crippen LogP contribution < -0.4 is 16.2 Å². The normalized spacial score (nSPS) is 11.6. The molecule has 0 spiro atoms. The summed E-state index contributed by atoms with van der Waals surface area (Å²) >= 11 is 0. The number of primary sulfonamides is 1. The summed E-state index contributed by atoms with van der Waals surface area (Å²) in [6.07, 6.45) is 0. The van der Waals surface area contributed by atoms with Crippen molar-refractivity contribution in [2.75, 3.05) is 11.1 Å². The van der Waals surface area contributed by atoms with Gasteiger partial charge in [-0.25, -0.2) is 13.6 Å². The minimum absolute atomic E-state index is 0.00405. The molecule has 9 heteroatoms. The number of carbonyl (C=O) groups is 1. The zero-order valence-corrected chi connectivity index (χ0v) is 13.0. The number of nitrogens with zero attached hydrogens (tertiary/aromatic N) is 2. The minimum Gasteiger partial charge on any atom is -0.397 e. The Morgan fingerprint density at radius 2 is 1.74 bits per heavy atom. The Balaban J connectivity index is 2.18. The Labute approximate surface area is 133 Å². The molecule has 0 saturated heterocycles. The summed E-state index contributed by atoms with van der Waals surface area (Å²) in [5, 5.41) is 15.6. The highest BCUT2D eigenvalue weighted by Crippen LogP contribution is 2.27. The number of nitrogen functional groups attached to an aromatic ring is 1. The standard InChI is InChI=1S/C14H15N5O3S/c1-9(20)17-11-4-7-14(13(15)8-11)19-18-10-2-5-12(6-3-10)23(16,21)22/h2-8H,15H2,1H3,(H,17,20)(H2,16,21,22). The maximum absolute atomic E-state index is 11.2. The van der Waals surface area contributed by atoms with E-state index in [2.05, 4.69) is 15.5 Å². The average Bonchev–Trinajstić information content (AvgIpc) is 2.45. The molecule has 0 aliphatic rings. The average molecular weight is 333 g/mol. The molecule has 0 atom stereocenters. The van der Waals surface area contributed by atoms with E-state index in [1.54, 1.807) is 18.2 Å². The molecular weight excluding hydrogens is 318 g/mol. The first-order chi connectivity index (χ1) is 10.8. The van der Waals surface area contributed by atoms with Crippen LogP contribution in [0.3, 0.4) is 0 Å². The number of hydrogen-bond acceptors (Lipinski definition) is 6. The number of rotatable bonds is 4. The third-order valence-electron chi connectivity index (χ3n) is 2.79. The van der Waals surface area contributed by atoms with Crippen molar-refractivity contribution in [3.05, 3.63) is 42.5 Å². The molecule has 2 aromatic rings. The molecular formula is C14H15N5O3S. The van der Waals surface area contributed by atoms with Crippen LogP contribution in [0.4, 0.5) is 22.7 Å². The molecule has 0 saturated carbocycles. The van der Waals surface area contributed by atoms with Gasteiger partial charge in [-0.1, -0.05) is 0 Å². The van der Waals surface area contributed by atoms with Crippen LogP contribution in [-0.2, 0) is 14.8 Å². The molecule has 0 bridgehead atoms. The Bertz CT molecular complexity index is 860. The molecule has 1 amide bonds. The summed E-state index contributed by atoms with van der Waals surface area (Å²) in [5.74, 6) is -0.200. The fourth-order valence-electron chi connectivity index (χ4n) is 1.74. The fraction of sp³-hybridized carbons (Fsp3) is 0.0714. The van der Waals surface area contributed by atoms with Gasteiger partial charge in [0.15, 0.2) is 0 Å². The van der Waals surface area contributed by atoms with Gasteiger partial charge in [-0.05, 0) is 42.5 Å². The lowest BCUT2D eigenvalue weighted by Gasteiger charge is -2.04. The summed E-state index contributed by atoms with van der Waals surface area (Å²) < 4.78 is 22.3. The van der Waals surface area contributed by atoms with E-state index in [0.717, 1.165) is 0 Å². The van der Waals surface area contributed by atoms with Gasteiger partial charge in [-0.3, -0.25) is 4.79 Å². The van der Waals surface area contributed by atoms with E-state index in [-0.39, 0.29) is 10.8 Å². The van der Waals surface area contributed by atoms with Crippen molar-refractivity contribution in [3.8, 4) is 0 Å². The zero-order chi connectivity index (χ0) is 17.0. The number of anilines is 2. The summed E-state index contributed by atoms with van der Waals surface area (Å²) in [6, 6.07) is 10.5. The van der Waals surface area contributed by atoms with Gasteiger partial charge in [0.1, 0.15) is 5.69 Å². The molecule has 120 valence electrons. The number of hydrogen-bond donors (Lipinski definition) is 3. The van der Waals surface area contributed by atoms with Crippen molar-refractivity contribution < 1.29 is 13.2 Å². The molecule has 0 aromatic heterocycles. The van der Waals surface area contributed by atoms with Crippen molar-refractivity contribution in [2.24, 2.45) is 15.4 Å². The van der Waals surface area contributed by atoms with E-state index in [0.29, 0.717) is 22.7 Å². The van der Waals surface area contributed by atoms with Crippen molar-refractivity contribution in [3.63, 3.8) is 0 Å². The van der Waals surface area contributed by atoms with E-state index in [4.69, 9.17) is 10.9 Å². The van der Waals surface area contributed by atoms with Crippen molar-refractivity contribution in [1.82, 2.24) is 0 Å². The second-order valence-corrected chi connectivity index (χ2v) is 6.26. The highest BCUT2D eigenvalue weighted by Gasteiger charge is 2.06. The predicted molar refractivity (Wildman–Crippen MR) is 87.1 cm³/mol. The Kier molecular flexibility index (Phi) is 4.72. The van der Waals surface area contributed by atoms with Crippen LogP contribution in [0.1, 0.15) is 6.92 Å². The monoisotopic (exact) mass is 333 g/mol. The maximum Gasteiger partial charge on any atom is 0.238 e. The van der Waals surface area contributed by atoms with Gasteiger partial charge in [-0.2, -0.15) is 5.11 Å². The third-order valence-corrected chi connectivity index (χ3v) is 3.72. The van der Waals surface area contributed by atoms with E-state index in [1.807, 2.05) is 0 Å². The number of sulfonamides is 1. The van der Waals surface area contributed by atoms with Crippen LogP contribution in [0.25, 0.3) is 0 Å². The maximum atomic E-state index is 11.2. The molecule has 0 unspecified atom stereocenters. The number of azo groups is 1. The highest BCUT2D eigenvalue weighted by molar-refractivity contribution is 7.89. The molecule has 5 N–H and O–H groups in total. The molecule has 0 aliphatic carbocycles. The van der Waals surface area contributed by atoms with E-state index in [1.165, 1.54) is 31.2 Å². The predicted octanol–water partition coefficient (Wildman–Crippen LogP) is 2.29. The summed E-state index contributed by atoms with van der Waals surface area (Å²) in [4.78, 5) is 11.0. The van der Waals surface area contributed by atoms with Crippen molar-refractivity contribution in [1.29, 1.82) is 0 Å². The number of nitrogens with one attached hydrogen (secondary N) is 1. The number of nitrogens with two attached hydrogens (primary N) is 2. The quantitative estimate of drug-likeness (QED) is 0.583. The summed E-state index contributed by atoms with van der Waals surface area (Å²) in [6.45, 7) is 1.40. The molecule has 2 aromatic carbocycles. The van der Waals surface area contributed by atoms with Gasteiger partial charge >= 0.3 is 0 Å². The summed E-state index contributed by atoms with van der Waals surface area (Å²) in [5.41, 5.74) is 7.62. The molecule has 0 aliphatic heterocycles. The number of benzene rings is 2. The molecule has 8 nitrogen and oxygen atoms in total. The first-order valence-corrected chi connectivity index (χ1v) is 8.02. The second kappa shape index (κ2) is 6.55. The lowest BCUT2D eigenvalue weighted by molar-refractivity contribution is -0.114. The third kappa shape index (κ3) is 4.59. The van der Waals surface area contributed by atoms with Crippen LogP contribution in [0.15, 0.2) is 57.6 Å². The van der Waals surface area contributed by atoms with Crippen LogP contribution in [0.5, 0.6) is 0 Å². The first-order valence-electron chi connectivity index (χ1n) is 6.47. The number of carbonyl (C=O) groups excluding carboxylic acids is 1. The second-order valence-electron chi connectivity index (χ2n) is 4.69. The smallest absolute Gasteiger partial charge is 0.238 e. The van der Waals surface area contributed by atoms with Gasteiger partial charge in [0, 0.05) is 12.6 Å². The fourth-order valence-corrected chi connectivity index (χ4v) is 2.26. The van der Waals surface area contributed by atoms with Crippen LogP contribution in [0.2, 0.25) is 0 Å². The van der Waals surface area contributed by atoms with Gasteiger partial charge in [0.25, 0.3) is 0 Å². The first kappa shape index (κ1) is 16.6. The zero-order valence-electron chi connectivity index (χ0n) is 12.2. The summed E-state index contributed by atoms with van der Waals surface area (Å²) in [7, 11) is -3.73. The SMILES string of the molecule is CC(=O)Nc1ccc(N=Nc2ccc(S(N)(=O)=O)cc2)c(N)c1. The molecule has 0 radical (unpaired) electrons. The van der Waals surface area contributed by atoms with Crippen LogP contribution in [-0.4, -0.2) is 14.3 Å². The van der Waals surface area contributed by atoms with Gasteiger partial charge in [-0.15, -0.1) is 5.11 Å². The molecule has 23 heavy (non-hydrogen) atoms. The Hall–Kier alpha value is -2.78. The largest absolute Gasteiger partial charge is 0.397 e. The van der Waals surface area contributed by atoms with Gasteiger partial charge in [0.2, 0.25) is 15.9 Å². The Morgan fingerprint density at radius 3 is 2.26 bits per heavy atom. The van der Waals surface area contributed by atoms with Crippen LogP contribution in [0, 0.1) is 0 Å². The lowest BCUT2D eigenvalue weighted by Crippen LogP contribution is -2.11. The lowest BCUT2D eigenvalue weighted by atomic mass is 10.2. The topological polar surface area (TPSA) is 140 Å². The molecule has 2 rings (SSSR count). The van der Waals surface area contributed by atoms with E-state index in [9.17, 15) is 13.2 Å². The van der Waals surface area contributed by atoms with Gasteiger partial charge < -0.3 is 11.1 Å². The van der Waals surface area contributed by atoms with Gasteiger partial charge in [0.05, 0.1) is 16.3 Å². The molecule has 0 fully saturated rings. The molecule has 0 heterocycles. The Morgan fingerprint density at radius 1 is 1.09 bits per heavy atom. The minimum atomic E-state index is -3.73. The van der Waals surface area contributed by atoms with Crippen molar-refractivity contribution in [2.45, 2.75) is 11.8 Å². The van der Waals surface area contributed by atoms with E-state index < -0.39 is 10.0 Å². The van der Waals surface area contributed by atoms with Crippen molar-refractivity contribution >= 4 is 38.7 Å². The number of amides is 1. The highest BCUT2D eigenvalue weighted by atomic mass is 32.2.